The fourth-order valence-corrected chi connectivity index (χ4v) is 1.87. The molecule has 0 saturated heterocycles. The molecule has 1 heterocycles. The molecule has 4 heteroatoms. The highest BCUT2D eigenvalue weighted by atomic mass is 16.5. The Kier molecular flexibility index (Phi) is 6.65. The van der Waals surface area contributed by atoms with Crippen LogP contribution in [0.15, 0.2) is 0 Å². The number of rotatable bonds is 8. The van der Waals surface area contributed by atoms with Crippen molar-refractivity contribution in [2.45, 2.75) is 59.4 Å². The summed E-state index contributed by atoms with van der Waals surface area (Å²) in [5, 5.41) is 8.18. The first-order valence-electron chi connectivity index (χ1n) is 6.86. The minimum absolute atomic E-state index is 0.452. The average molecular weight is 251 g/mol. The van der Waals surface area contributed by atoms with Crippen molar-refractivity contribution >= 4 is 0 Å². The maximum absolute atomic E-state index is 5.74. The van der Waals surface area contributed by atoms with E-state index >= 15 is 0 Å². The van der Waals surface area contributed by atoms with Crippen LogP contribution in [0.1, 0.15) is 55.8 Å². The molecular formula is C14H25N3O. The van der Waals surface area contributed by atoms with Gasteiger partial charge in [-0.05, 0) is 25.8 Å². The number of hydrogen-bond donors (Lipinski definition) is 1. The molecule has 0 amide bonds. The smallest absolute Gasteiger partial charge is 0.238 e. The maximum Gasteiger partial charge on any atom is 0.238 e. The SMILES string of the molecule is CCCCCCCOc1nnc(C)c(C)c1CN. The summed E-state index contributed by atoms with van der Waals surface area (Å²) in [4.78, 5) is 0. The Balaban J connectivity index is 2.45. The van der Waals surface area contributed by atoms with Gasteiger partial charge in [-0.3, -0.25) is 0 Å². The van der Waals surface area contributed by atoms with Crippen molar-refractivity contribution < 1.29 is 4.74 Å². The van der Waals surface area contributed by atoms with Crippen LogP contribution < -0.4 is 10.5 Å². The lowest BCUT2D eigenvalue weighted by molar-refractivity contribution is 0.286. The van der Waals surface area contributed by atoms with E-state index in [-0.39, 0.29) is 0 Å². The first-order valence-corrected chi connectivity index (χ1v) is 6.86. The van der Waals surface area contributed by atoms with Gasteiger partial charge in [0.15, 0.2) is 0 Å². The quantitative estimate of drug-likeness (QED) is 0.722. The van der Waals surface area contributed by atoms with Gasteiger partial charge in [-0.15, -0.1) is 5.10 Å². The normalized spacial score (nSPS) is 10.7. The lowest BCUT2D eigenvalue weighted by atomic mass is 10.1. The summed E-state index contributed by atoms with van der Waals surface area (Å²) in [6.45, 7) is 7.33. The van der Waals surface area contributed by atoms with Crippen molar-refractivity contribution in [1.82, 2.24) is 10.2 Å². The van der Waals surface area contributed by atoms with Crippen molar-refractivity contribution in [3.8, 4) is 5.88 Å². The molecular weight excluding hydrogens is 226 g/mol. The van der Waals surface area contributed by atoms with Crippen LogP contribution in [0.4, 0.5) is 0 Å². The van der Waals surface area contributed by atoms with Gasteiger partial charge in [0.25, 0.3) is 0 Å². The number of nitrogens with zero attached hydrogens (tertiary/aromatic N) is 2. The van der Waals surface area contributed by atoms with Crippen molar-refractivity contribution in [3.05, 3.63) is 16.8 Å². The molecule has 4 nitrogen and oxygen atoms in total. The molecule has 102 valence electrons. The second kappa shape index (κ2) is 8.03. The molecule has 1 aromatic rings. The van der Waals surface area contributed by atoms with E-state index in [1.165, 1.54) is 25.7 Å². The zero-order chi connectivity index (χ0) is 13.4. The molecule has 0 atom stereocenters. The molecule has 1 rings (SSSR count). The van der Waals surface area contributed by atoms with E-state index in [1.54, 1.807) is 0 Å². The van der Waals surface area contributed by atoms with Gasteiger partial charge in [0.05, 0.1) is 12.3 Å². The van der Waals surface area contributed by atoms with Gasteiger partial charge in [-0.1, -0.05) is 32.6 Å². The molecule has 0 unspecified atom stereocenters. The minimum Gasteiger partial charge on any atom is -0.476 e. The molecule has 0 aliphatic heterocycles. The van der Waals surface area contributed by atoms with Crippen LogP contribution in [0.2, 0.25) is 0 Å². The van der Waals surface area contributed by atoms with Gasteiger partial charge in [-0.25, -0.2) is 0 Å². The number of unbranched alkanes of at least 4 members (excludes halogenated alkanes) is 4. The van der Waals surface area contributed by atoms with Crippen LogP contribution in [0.5, 0.6) is 5.88 Å². The number of aryl methyl sites for hydroxylation is 1. The van der Waals surface area contributed by atoms with Crippen molar-refractivity contribution in [2.24, 2.45) is 5.73 Å². The fraction of sp³-hybridized carbons (Fsp3) is 0.714. The van der Waals surface area contributed by atoms with Crippen LogP contribution in [-0.4, -0.2) is 16.8 Å². The lowest BCUT2D eigenvalue weighted by Gasteiger charge is -2.11. The molecule has 0 bridgehead atoms. The molecule has 0 saturated carbocycles. The van der Waals surface area contributed by atoms with Gasteiger partial charge >= 0.3 is 0 Å². The van der Waals surface area contributed by atoms with Gasteiger partial charge in [0.2, 0.25) is 5.88 Å². The van der Waals surface area contributed by atoms with Gasteiger partial charge in [-0.2, -0.15) is 5.10 Å². The zero-order valence-electron chi connectivity index (χ0n) is 11.8. The Hall–Kier alpha value is -1.16. The summed E-state index contributed by atoms with van der Waals surface area (Å²) in [5.41, 5.74) is 8.74. The van der Waals surface area contributed by atoms with Crippen LogP contribution in [0, 0.1) is 13.8 Å². The number of ether oxygens (including phenoxy) is 1. The standard InChI is InChI=1S/C14H25N3O/c1-4-5-6-7-8-9-18-14-13(10-15)11(2)12(3)16-17-14/h4-10,15H2,1-3H3. The third kappa shape index (κ3) is 4.26. The molecule has 0 fully saturated rings. The zero-order valence-corrected chi connectivity index (χ0v) is 11.8. The average Bonchev–Trinajstić information content (AvgIpc) is 2.38. The Labute approximate surface area is 110 Å². The molecule has 0 spiro atoms. The van der Waals surface area contributed by atoms with E-state index in [0.717, 1.165) is 23.2 Å². The van der Waals surface area contributed by atoms with Crippen molar-refractivity contribution in [3.63, 3.8) is 0 Å². The Morgan fingerprint density at radius 2 is 1.78 bits per heavy atom. The van der Waals surface area contributed by atoms with Crippen molar-refractivity contribution in [1.29, 1.82) is 0 Å². The highest BCUT2D eigenvalue weighted by molar-refractivity contribution is 5.34. The predicted molar refractivity (Wildman–Crippen MR) is 73.7 cm³/mol. The Bertz CT molecular complexity index is 366. The van der Waals surface area contributed by atoms with E-state index < -0.39 is 0 Å². The third-order valence-corrected chi connectivity index (χ3v) is 3.24. The maximum atomic E-state index is 5.74. The van der Waals surface area contributed by atoms with Gasteiger partial charge in [0, 0.05) is 12.1 Å². The first kappa shape index (κ1) is 14.9. The van der Waals surface area contributed by atoms with Crippen LogP contribution in [0.25, 0.3) is 0 Å². The second-order valence-electron chi connectivity index (χ2n) is 4.66. The van der Waals surface area contributed by atoms with E-state index in [4.69, 9.17) is 10.5 Å². The van der Waals surface area contributed by atoms with Gasteiger partial charge in [0.1, 0.15) is 0 Å². The van der Waals surface area contributed by atoms with E-state index in [2.05, 4.69) is 17.1 Å². The Morgan fingerprint density at radius 3 is 2.44 bits per heavy atom. The largest absolute Gasteiger partial charge is 0.476 e. The summed E-state index contributed by atoms with van der Waals surface area (Å²) in [6.07, 6.45) is 6.13. The number of hydrogen-bond acceptors (Lipinski definition) is 4. The lowest BCUT2D eigenvalue weighted by Crippen LogP contribution is -2.10. The van der Waals surface area contributed by atoms with Gasteiger partial charge < -0.3 is 10.5 Å². The summed E-state index contributed by atoms with van der Waals surface area (Å²) < 4.78 is 5.69. The number of aromatic nitrogens is 2. The van der Waals surface area contributed by atoms with E-state index in [0.29, 0.717) is 19.0 Å². The summed E-state index contributed by atoms with van der Waals surface area (Å²) in [7, 11) is 0. The van der Waals surface area contributed by atoms with Crippen LogP contribution in [-0.2, 0) is 6.54 Å². The fourth-order valence-electron chi connectivity index (χ4n) is 1.87. The number of nitrogens with two attached hydrogens (primary N) is 1. The summed E-state index contributed by atoms with van der Waals surface area (Å²) in [6, 6.07) is 0. The minimum atomic E-state index is 0.452. The molecule has 0 aliphatic rings. The van der Waals surface area contributed by atoms with Crippen LogP contribution >= 0.6 is 0 Å². The highest BCUT2D eigenvalue weighted by Crippen LogP contribution is 2.20. The highest BCUT2D eigenvalue weighted by Gasteiger charge is 2.10. The monoisotopic (exact) mass is 251 g/mol. The molecule has 2 N–H and O–H groups in total. The molecule has 1 aromatic heterocycles. The van der Waals surface area contributed by atoms with E-state index in [9.17, 15) is 0 Å². The van der Waals surface area contributed by atoms with Crippen LogP contribution in [0.3, 0.4) is 0 Å². The molecule has 0 radical (unpaired) electrons. The summed E-state index contributed by atoms with van der Waals surface area (Å²) >= 11 is 0. The third-order valence-electron chi connectivity index (χ3n) is 3.24. The topological polar surface area (TPSA) is 61.0 Å². The molecule has 0 aromatic carbocycles. The molecule has 18 heavy (non-hydrogen) atoms. The first-order chi connectivity index (χ1) is 8.70. The second-order valence-corrected chi connectivity index (χ2v) is 4.66. The Morgan fingerprint density at radius 1 is 1.06 bits per heavy atom. The predicted octanol–water partition coefficient (Wildman–Crippen LogP) is 2.90. The van der Waals surface area contributed by atoms with E-state index in [1.807, 2.05) is 13.8 Å². The molecule has 0 aliphatic carbocycles. The summed E-state index contributed by atoms with van der Waals surface area (Å²) in [5.74, 6) is 0.607. The van der Waals surface area contributed by atoms with Crippen molar-refractivity contribution in [2.75, 3.05) is 6.61 Å².